The first-order chi connectivity index (χ1) is 11.0. The number of hydrogen-bond acceptors (Lipinski definition) is 2. The van der Waals surface area contributed by atoms with E-state index < -0.39 is 23.8 Å². The molecule has 24 heavy (non-hydrogen) atoms. The largest absolute Gasteiger partial charge is 0.465 e. The normalized spacial score (nSPS) is 12.6. The van der Waals surface area contributed by atoms with Crippen molar-refractivity contribution in [3.8, 4) is 0 Å². The third-order valence-electron chi connectivity index (χ3n) is 3.63. The molecule has 0 heterocycles. The Bertz CT molecular complexity index is 617. The van der Waals surface area contributed by atoms with Gasteiger partial charge in [0.2, 0.25) is 0 Å². The molecule has 1 rings (SSSR count). The van der Waals surface area contributed by atoms with E-state index in [-0.39, 0.29) is 23.1 Å². The molecule has 0 aliphatic carbocycles. The molecule has 1 aromatic carbocycles. The maximum atomic E-state index is 11.9. The van der Waals surface area contributed by atoms with Crippen molar-refractivity contribution in [3.05, 3.63) is 33.8 Å². The molecular formula is C16H22Cl2N2O4. The van der Waals surface area contributed by atoms with Gasteiger partial charge in [-0.15, -0.1) is 0 Å². The standard InChI is InChI=1S/C16H22Cl2N2O4/c1-5-19(14(21)22)9-12(20(15(23)24)16(2,3)4)10-7-6-8-11(17)13(10)18/h6-8,12H,5,9H2,1-4H3,(H,21,22)(H,23,24). The molecule has 0 aliphatic rings. The van der Waals surface area contributed by atoms with Crippen LogP contribution < -0.4 is 0 Å². The number of rotatable bonds is 5. The lowest BCUT2D eigenvalue weighted by Gasteiger charge is -2.41. The maximum Gasteiger partial charge on any atom is 0.408 e. The van der Waals surface area contributed by atoms with Gasteiger partial charge in [-0.3, -0.25) is 4.90 Å². The Hall–Kier alpha value is -1.66. The lowest BCUT2D eigenvalue weighted by molar-refractivity contribution is 0.0536. The summed E-state index contributed by atoms with van der Waals surface area (Å²) in [4.78, 5) is 25.6. The molecule has 0 saturated carbocycles. The molecule has 1 atom stereocenters. The second-order valence-corrected chi connectivity index (χ2v) is 7.09. The van der Waals surface area contributed by atoms with Gasteiger partial charge in [0.25, 0.3) is 0 Å². The predicted molar refractivity (Wildman–Crippen MR) is 94.1 cm³/mol. The molecule has 0 saturated heterocycles. The van der Waals surface area contributed by atoms with Crippen LogP contribution in [-0.2, 0) is 0 Å². The number of halogens is 2. The highest BCUT2D eigenvalue weighted by molar-refractivity contribution is 6.42. The minimum Gasteiger partial charge on any atom is -0.465 e. The van der Waals surface area contributed by atoms with Gasteiger partial charge in [0.05, 0.1) is 16.1 Å². The van der Waals surface area contributed by atoms with Gasteiger partial charge < -0.3 is 15.1 Å². The fourth-order valence-corrected chi connectivity index (χ4v) is 2.97. The number of carboxylic acid groups (broad SMARTS) is 2. The SMILES string of the molecule is CCN(CC(c1cccc(Cl)c1Cl)N(C(=O)O)C(C)(C)C)C(=O)O. The number of likely N-dealkylation sites (N-methyl/N-ethyl adjacent to an activating group) is 1. The fraction of sp³-hybridized carbons (Fsp3) is 0.500. The molecule has 8 heteroatoms. The van der Waals surface area contributed by atoms with E-state index in [0.717, 1.165) is 4.90 Å². The van der Waals surface area contributed by atoms with Crippen molar-refractivity contribution in [1.82, 2.24) is 9.80 Å². The van der Waals surface area contributed by atoms with E-state index in [1.54, 1.807) is 45.9 Å². The van der Waals surface area contributed by atoms with Crippen molar-refractivity contribution in [2.24, 2.45) is 0 Å². The lowest BCUT2D eigenvalue weighted by Crippen LogP contribution is -2.51. The van der Waals surface area contributed by atoms with E-state index in [1.165, 1.54) is 4.90 Å². The van der Waals surface area contributed by atoms with Gasteiger partial charge in [-0.05, 0) is 39.3 Å². The summed E-state index contributed by atoms with van der Waals surface area (Å²) in [6.07, 6.45) is -2.29. The summed E-state index contributed by atoms with van der Waals surface area (Å²) in [6.45, 7) is 7.08. The average Bonchev–Trinajstić information content (AvgIpc) is 2.44. The van der Waals surface area contributed by atoms with E-state index in [2.05, 4.69) is 0 Å². The summed E-state index contributed by atoms with van der Waals surface area (Å²) < 4.78 is 0. The molecule has 0 radical (unpaired) electrons. The van der Waals surface area contributed by atoms with E-state index in [9.17, 15) is 19.8 Å². The molecule has 0 aliphatic heterocycles. The Morgan fingerprint density at radius 3 is 2.17 bits per heavy atom. The highest BCUT2D eigenvalue weighted by Crippen LogP contribution is 2.36. The Labute approximate surface area is 151 Å². The Kier molecular flexibility index (Phi) is 6.75. The van der Waals surface area contributed by atoms with Gasteiger partial charge in [0, 0.05) is 18.6 Å². The molecule has 134 valence electrons. The minimum absolute atomic E-state index is 0.0462. The van der Waals surface area contributed by atoms with Crippen LogP contribution in [0.1, 0.15) is 39.3 Å². The van der Waals surface area contributed by atoms with Crippen LogP contribution in [0.5, 0.6) is 0 Å². The highest BCUT2D eigenvalue weighted by atomic mass is 35.5. The van der Waals surface area contributed by atoms with Gasteiger partial charge >= 0.3 is 12.2 Å². The van der Waals surface area contributed by atoms with Crippen LogP contribution in [-0.4, -0.2) is 50.8 Å². The zero-order valence-corrected chi connectivity index (χ0v) is 15.6. The molecule has 0 aromatic heterocycles. The minimum atomic E-state index is -1.16. The molecule has 0 fully saturated rings. The predicted octanol–water partition coefficient (Wildman–Crippen LogP) is 4.81. The molecule has 0 spiro atoms. The van der Waals surface area contributed by atoms with Crippen LogP contribution in [0, 0.1) is 0 Å². The molecule has 1 aromatic rings. The maximum absolute atomic E-state index is 11.9. The number of carbonyl (C=O) groups is 2. The topological polar surface area (TPSA) is 81.1 Å². The van der Waals surface area contributed by atoms with Gasteiger partial charge in [-0.1, -0.05) is 35.3 Å². The highest BCUT2D eigenvalue weighted by Gasteiger charge is 2.37. The molecular weight excluding hydrogens is 355 g/mol. The Morgan fingerprint density at radius 1 is 1.17 bits per heavy atom. The van der Waals surface area contributed by atoms with Crippen LogP contribution >= 0.6 is 23.2 Å². The second-order valence-electron chi connectivity index (χ2n) is 6.30. The molecule has 0 bridgehead atoms. The molecule has 2 N–H and O–H groups in total. The van der Waals surface area contributed by atoms with Crippen molar-refractivity contribution in [1.29, 1.82) is 0 Å². The van der Waals surface area contributed by atoms with Crippen LogP contribution in [0.4, 0.5) is 9.59 Å². The summed E-state index contributed by atoms with van der Waals surface area (Å²) >= 11 is 12.3. The van der Waals surface area contributed by atoms with Crippen molar-refractivity contribution in [2.75, 3.05) is 13.1 Å². The van der Waals surface area contributed by atoms with Crippen LogP contribution in [0.25, 0.3) is 0 Å². The van der Waals surface area contributed by atoms with Gasteiger partial charge in [0.1, 0.15) is 0 Å². The third-order valence-corrected chi connectivity index (χ3v) is 4.46. The fourth-order valence-electron chi connectivity index (χ4n) is 2.54. The number of nitrogens with zero attached hydrogens (tertiary/aromatic N) is 2. The smallest absolute Gasteiger partial charge is 0.408 e. The second kappa shape index (κ2) is 7.94. The number of hydrogen-bond donors (Lipinski definition) is 2. The quantitative estimate of drug-likeness (QED) is 0.771. The first-order valence-electron chi connectivity index (χ1n) is 7.44. The van der Waals surface area contributed by atoms with E-state index in [0.29, 0.717) is 5.56 Å². The molecule has 6 nitrogen and oxygen atoms in total. The van der Waals surface area contributed by atoms with Crippen molar-refractivity contribution < 1.29 is 19.8 Å². The molecule has 1 unspecified atom stereocenters. The Balaban J connectivity index is 3.48. The Morgan fingerprint density at radius 2 is 1.75 bits per heavy atom. The monoisotopic (exact) mass is 376 g/mol. The lowest BCUT2D eigenvalue weighted by atomic mass is 9.97. The van der Waals surface area contributed by atoms with Crippen LogP contribution in [0.15, 0.2) is 18.2 Å². The molecule has 2 amide bonds. The summed E-state index contributed by atoms with van der Waals surface area (Å²) in [6, 6.07) is 4.14. The number of benzene rings is 1. The summed E-state index contributed by atoms with van der Waals surface area (Å²) in [7, 11) is 0. The first-order valence-corrected chi connectivity index (χ1v) is 8.20. The number of amides is 2. The first kappa shape index (κ1) is 20.4. The van der Waals surface area contributed by atoms with E-state index in [4.69, 9.17) is 23.2 Å². The van der Waals surface area contributed by atoms with Gasteiger partial charge in [0.15, 0.2) is 0 Å². The van der Waals surface area contributed by atoms with Crippen molar-refractivity contribution in [3.63, 3.8) is 0 Å². The zero-order valence-electron chi connectivity index (χ0n) is 14.1. The average molecular weight is 377 g/mol. The van der Waals surface area contributed by atoms with Gasteiger partial charge in [-0.25, -0.2) is 9.59 Å². The van der Waals surface area contributed by atoms with Crippen LogP contribution in [0.2, 0.25) is 10.0 Å². The third kappa shape index (κ3) is 4.68. The zero-order chi connectivity index (χ0) is 18.7. The summed E-state index contributed by atoms with van der Waals surface area (Å²) in [5.74, 6) is 0. The van der Waals surface area contributed by atoms with Crippen molar-refractivity contribution in [2.45, 2.75) is 39.3 Å². The van der Waals surface area contributed by atoms with E-state index in [1.807, 2.05) is 0 Å². The van der Waals surface area contributed by atoms with Crippen LogP contribution in [0.3, 0.4) is 0 Å². The van der Waals surface area contributed by atoms with Crippen molar-refractivity contribution >= 4 is 35.4 Å². The summed E-state index contributed by atoms with van der Waals surface area (Å²) in [5.41, 5.74) is -0.291. The van der Waals surface area contributed by atoms with E-state index >= 15 is 0 Å². The van der Waals surface area contributed by atoms with Gasteiger partial charge in [-0.2, -0.15) is 0 Å². The summed E-state index contributed by atoms with van der Waals surface area (Å²) in [5, 5.41) is 19.5.